The second kappa shape index (κ2) is 14.7. The monoisotopic (exact) mass is 486 g/mol. The Morgan fingerprint density at radius 1 is 1.31 bits per heavy atom. The Kier molecular flexibility index (Phi) is 12.8. The van der Waals surface area contributed by atoms with Gasteiger partial charge in [0.1, 0.15) is 12.0 Å². The van der Waals surface area contributed by atoms with Crippen LogP contribution in [0.15, 0.2) is 53.3 Å². The number of aromatic nitrogens is 1. The average Bonchev–Trinajstić information content (AvgIpc) is 3.56. The highest BCUT2D eigenvalue weighted by atomic mass is 19.1. The molecular formula is C29H43FN2O3. The van der Waals surface area contributed by atoms with Crippen LogP contribution >= 0.6 is 0 Å². The summed E-state index contributed by atoms with van der Waals surface area (Å²) in [5.41, 5.74) is 4.75. The van der Waals surface area contributed by atoms with Crippen LogP contribution in [-0.4, -0.2) is 33.1 Å². The summed E-state index contributed by atoms with van der Waals surface area (Å²) in [6.45, 7) is 13.8. The number of rotatable bonds is 11. The summed E-state index contributed by atoms with van der Waals surface area (Å²) in [5, 5.41) is 22.9. The van der Waals surface area contributed by atoms with Crippen molar-refractivity contribution in [2.45, 2.75) is 92.5 Å². The summed E-state index contributed by atoms with van der Waals surface area (Å²) in [6, 6.07) is 1.79. The fourth-order valence-corrected chi connectivity index (χ4v) is 3.62. The molecule has 2 unspecified atom stereocenters. The number of pyridine rings is 1. The Morgan fingerprint density at radius 2 is 1.97 bits per heavy atom. The number of hydrogen-bond acceptors (Lipinski definition) is 4. The highest BCUT2D eigenvalue weighted by Crippen LogP contribution is 2.34. The van der Waals surface area contributed by atoms with E-state index in [4.69, 9.17) is 0 Å². The number of amides is 1. The van der Waals surface area contributed by atoms with Gasteiger partial charge in [0.25, 0.3) is 0 Å². The van der Waals surface area contributed by atoms with Crippen molar-refractivity contribution in [3.63, 3.8) is 0 Å². The molecule has 1 heterocycles. The first-order chi connectivity index (χ1) is 16.6. The minimum atomic E-state index is -1.71. The van der Waals surface area contributed by atoms with E-state index >= 15 is 0 Å². The van der Waals surface area contributed by atoms with Crippen molar-refractivity contribution in [1.29, 1.82) is 0 Å². The number of halogens is 1. The van der Waals surface area contributed by atoms with Crippen LogP contribution in [0, 0.1) is 12.8 Å². The number of alkyl halides is 1. The number of allylic oxidation sites excluding steroid dienone is 6. The van der Waals surface area contributed by atoms with Gasteiger partial charge in [0.05, 0.1) is 5.92 Å². The highest BCUT2D eigenvalue weighted by Gasteiger charge is 2.43. The summed E-state index contributed by atoms with van der Waals surface area (Å²) in [6.07, 6.45) is 13.0. The molecule has 0 saturated heterocycles. The number of hydrogen-bond donors (Lipinski definition) is 3. The van der Waals surface area contributed by atoms with Crippen LogP contribution in [0.5, 0.6) is 0 Å². The SMILES string of the molecule is C/C=C(C(\C)=C/CC(O)(O)CCC)/C(/C=C/CC)=C/c1cnc(NC(=O)C2CC2F)cc1C.CC. The van der Waals surface area contributed by atoms with Crippen LogP contribution in [-0.2, 0) is 4.79 Å². The van der Waals surface area contributed by atoms with Gasteiger partial charge in [-0.1, -0.05) is 58.4 Å². The summed E-state index contributed by atoms with van der Waals surface area (Å²) in [7, 11) is 0. The second-order valence-corrected chi connectivity index (χ2v) is 8.71. The topological polar surface area (TPSA) is 82.4 Å². The van der Waals surface area contributed by atoms with Crippen LogP contribution in [0.2, 0.25) is 0 Å². The van der Waals surface area contributed by atoms with Gasteiger partial charge in [-0.15, -0.1) is 0 Å². The van der Waals surface area contributed by atoms with E-state index in [1.807, 2.05) is 65.8 Å². The van der Waals surface area contributed by atoms with Crippen molar-refractivity contribution in [1.82, 2.24) is 4.98 Å². The smallest absolute Gasteiger partial charge is 0.231 e. The minimum Gasteiger partial charge on any atom is -0.365 e. The van der Waals surface area contributed by atoms with Gasteiger partial charge in [-0.05, 0) is 73.6 Å². The summed E-state index contributed by atoms with van der Waals surface area (Å²) in [4.78, 5) is 16.3. The molecule has 0 aliphatic heterocycles. The molecule has 2 atom stereocenters. The van der Waals surface area contributed by atoms with E-state index in [0.29, 0.717) is 18.7 Å². The maximum absolute atomic E-state index is 13.1. The molecule has 3 N–H and O–H groups in total. The van der Waals surface area contributed by atoms with E-state index < -0.39 is 17.9 Å². The fourth-order valence-electron chi connectivity index (χ4n) is 3.62. The van der Waals surface area contributed by atoms with E-state index in [2.05, 4.69) is 23.3 Å². The zero-order valence-corrected chi connectivity index (χ0v) is 22.4. The number of carbonyl (C=O) groups excluding carboxylic acids is 1. The molecule has 1 aromatic rings. The molecule has 0 spiro atoms. The Bertz CT molecular complexity index is 961. The Labute approximate surface area is 210 Å². The van der Waals surface area contributed by atoms with Gasteiger partial charge in [-0.3, -0.25) is 4.79 Å². The van der Waals surface area contributed by atoms with Crippen molar-refractivity contribution < 1.29 is 19.4 Å². The van der Waals surface area contributed by atoms with Gasteiger partial charge in [0.2, 0.25) is 5.91 Å². The van der Waals surface area contributed by atoms with Crippen LogP contribution in [0.3, 0.4) is 0 Å². The third kappa shape index (κ3) is 9.90. The third-order valence-electron chi connectivity index (χ3n) is 5.71. The van der Waals surface area contributed by atoms with E-state index in [1.54, 1.807) is 12.3 Å². The van der Waals surface area contributed by atoms with E-state index in [1.165, 1.54) is 0 Å². The molecule has 5 nitrogen and oxygen atoms in total. The second-order valence-electron chi connectivity index (χ2n) is 8.71. The molecule has 1 fully saturated rings. The number of aryl methyl sites for hydroxylation is 1. The Hall–Kier alpha value is -2.57. The van der Waals surface area contributed by atoms with Gasteiger partial charge in [0, 0.05) is 19.0 Å². The predicted molar refractivity (Wildman–Crippen MR) is 144 cm³/mol. The molecule has 1 aliphatic rings. The molecular weight excluding hydrogens is 443 g/mol. The van der Waals surface area contributed by atoms with Crippen LogP contribution < -0.4 is 5.32 Å². The Balaban J connectivity index is 0.00000298. The molecule has 1 aromatic heterocycles. The summed E-state index contributed by atoms with van der Waals surface area (Å²) in [5.74, 6) is -2.17. The molecule has 1 saturated carbocycles. The Morgan fingerprint density at radius 3 is 2.49 bits per heavy atom. The maximum atomic E-state index is 13.1. The largest absolute Gasteiger partial charge is 0.365 e. The van der Waals surface area contributed by atoms with Gasteiger partial charge < -0.3 is 15.5 Å². The highest BCUT2D eigenvalue weighted by molar-refractivity contribution is 5.94. The molecule has 1 amide bonds. The van der Waals surface area contributed by atoms with Crippen LogP contribution in [0.1, 0.15) is 84.8 Å². The number of carbonyl (C=O) groups is 1. The molecule has 2 rings (SSSR count). The maximum Gasteiger partial charge on any atom is 0.231 e. The van der Waals surface area contributed by atoms with Gasteiger partial charge in [0.15, 0.2) is 5.79 Å². The normalized spacial score (nSPS) is 18.9. The lowest BCUT2D eigenvalue weighted by molar-refractivity contribution is -0.162. The molecule has 0 bridgehead atoms. The van der Waals surface area contributed by atoms with Gasteiger partial charge in [-0.25, -0.2) is 9.37 Å². The van der Waals surface area contributed by atoms with E-state index in [9.17, 15) is 19.4 Å². The molecule has 194 valence electrons. The third-order valence-corrected chi connectivity index (χ3v) is 5.71. The van der Waals surface area contributed by atoms with Gasteiger partial charge >= 0.3 is 0 Å². The molecule has 35 heavy (non-hydrogen) atoms. The minimum absolute atomic E-state index is 0.157. The summed E-state index contributed by atoms with van der Waals surface area (Å²) < 4.78 is 13.1. The van der Waals surface area contributed by atoms with Gasteiger partial charge in [-0.2, -0.15) is 0 Å². The molecule has 0 aromatic carbocycles. The summed E-state index contributed by atoms with van der Waals surface area (Å²) >= 11 is 0. The lowest BCUT2D eigenvalue weighted by atomic mass is 9.93. The number of anilines is 1. The average molecular weight is 487 g/mol. The first-order valence-electron chi connectivity index (χ1n) is 12.7. The quantitative estimate of drug-likeness (QED) is 0.237. The number of aliphatic hydroxyl groups is 2. The fraction of sp³-hybridized carbons (Fsp3) is 0.517. The van der Waals surface area contributed by atoms with Crippen molar-refractivity contribution >= 4 is 17.8 Å². The van der Waals surface area contributed by atoms with Crippen LogP contribution in [0.25, 0.3) is 6.08 Å². The van der Waals surface area contributed by atoms with Crippen LogP contribution in [0.4, 0.5) is 10.2 Å². The van der Waals surface area contributed by atoms with Crippen molar-refractivity contribution in [3.05, 3.63) is 64.4 Å². The lowest BCUT2D eigenvalue weighted by Gasteiger charge is -2.20. The zero-order chi connectivity index (χ0) is 26.6. The van der Waals surface area contributed by atoms with E-state index in [0.717, 1.165) is 34.3 Å². The first kappa shape index (κ1) is 30.5. The first-order valence-corrected chi connectivity index (χ1v) is 12.7. The standard InChI is InChI=1S/C27H37FN2O3.C2H6/c1-6-9-10-20(22(8-3)18(4)11-13-27(32,33)12-7-2)15-21-17-29-25(14-19(21)5)30-26(31)23-16-24(23)28;1-2/h8-11,14-15,17,23-24,32-33H,6-7,12-13,16H2,1-5H3,(H,29,30,31);1-2H3/b10-9+,18-11-,20-15+,22-8+;. The number of nitrogens with zero attached hydrogens (tertiary/aromatic N) is 1. The molecule has 1 aliphatic carbocycles. The van der Waals surface area contributed by atoms with Crippen molar-refractivity contribution in [3.8, 4) is 0 Å². The zero-order valence-electron chi connectivity index (χ0n) is 22.4. The van der Waals surface area contributed by atoms with Crippen molar-refractivity contribution in [2.24, 2.45) is 5.92 Å². The molecule has 0 radical (unpaired) electrons. The lowest BCUT2D eigenvalue weighted by Crippen LogP contribution is -2.26. The predicted octanol–water partition coefficient (Wildman–Crippen LogP) is 6.83. The number of nitrogens with one attached hydrogen (secondary N) is 1. The molecule has 6 heteroatoms. The van der Waals surface area contributed by atoms with Crippen molar-refractivity contribution in [2.75, 3.05) is 5.32 Å². The van der Waals surface area contributed by atoms with E-state index in [-0.39, 0.29) is 18.7 Å².